The van der Waals surface area contributed by atoms with E-state index in [1.807, 2.05) is 62.4 Å². The lowest BCUT2D eigenvalue weighted by Gasteiger charge is -2.15. The summed E-state index contributed by atoms with van der Waals surface area (Å²) < 4.78 is 7.53. The van der Waals surface area contributed by atoms with E-state index in [4.69, 9.17) is 4.74 Å². The minimum Gasteiger partial charge on any atom is -0.491 e. The van der Waals surface area contributed by atoms with Crippen LogP contribution in [0.5, 0.6) is 5.75 Å². The Morgan fingerprint density at radius 1 is 1.18 bits per heavy atom. The van der Waals surface area contributed by atoms with E-state index in [-0.39, 0.29) is 6.61 Å². The van der Waals surface area contributed by atoms with E-state index in [1.54, 1.807) is 4.68 Å². The van der Waals surface area contributed by atoms with Crippen LogP contribution in [0.1, 0.15) is 16.7 Å². The lowest BCUT2D eigenvalue weighted by atomic mass is 10.1. The Morgan fingerprint density at radius 2 is 1.93 bits per heavy atom. The van der Waals surface area contributed by atoms with Gasteiger partial charge < -0.3 is 9.84 Å². The van der Waals surface area contributed by atoms with Crippen LogP contribution in [0.2, 0.25) is 0 Å². The van der Waals surface area contributed by atoms with Crippen LogP contribution in [0.15, 0.2) is 60.3 Å². The zero-order chi connectivity index (χ0) is 19.9. The minimum absolute atomic E-state index is 0.201. The van der Waals surface area contributed by atoms with Crippen molar-refractivity contribution in [3.8, 4) is 11.4 Å². The molecule has 0 radical (unpaired) electrons. The number of aryl methyl sites for hydroxylation is 2. The molecule has 1 atom stereocenters. The van der Waals surface area contributed by atoms with Gasteiger partial charge in [-0.1, -0.05) is 54.2 Å². The number of allylic oxidation sites excluding steroid dienone is 1. The molecule has 6 nitrogen and oxygen atoms in total. The first-order valence-electron chi connectivity index (χ1n) is 9.07. The first-order valence-corrected chi connectivity index (χ1v) is 10.1. The van der Waals surface area contributed by atoms with Gasteiger partial charge in [0.25, 0.3) is 0 Å². The molecule has 1 unspecified atom stereocenters. The molecule has 0 aliphatic heterocycles. The highest BCUT2D eigenvalue weighted by atomic mass is 32.2. The van der Waals surface area contributed by atoms with Crippen LogP contribution in [-0.2, 0) is 6.42 Å². The number of aromatic nitrogens is 4. The molecule has 2 aromatic carbocycles. The number of rotatable bonds is 9. The van der Waals surface area contributed by atoms with Gasteiger partial charge >= 0.3 is 0 Å². The van der Waals surface area contributed by atoms with Crippen molar-refractivity contribution in [3.05, 3.63) is 71.8 Å². The Bertz CT molecular complexity index is 921. The maximum atomic E-state index is 10.4. The zero-order valence-electron chi connectivity index (χ0n) is 16.1. The highest BCUT2D eigenvalue weighted by molar-refractivity contribution is 7.99. The summed E-state index contributed by atoms with van der Waals surface area (Å²) in [6, 6.07) is 13.9. The number of hydrogen-bond acceptors (Lipinski definition) is 6. The number of hydrogen-bond donors (Lipinski definition) is 1. The minimum atomic E-state index is -0.648. The maximum absolute atomic E-state index is 10.4. The van der Waals surface area contributed by atoms with Gasteiger partial charge in [0.15, 0.2) is 0 Å². The van der Waals surface area contributed by atoms with E-state index in [0.29, 0.717) is 10.9 Å². The maximum Gasteiger partial charge on any atom is 0.214 e. The Morgan fingerprint density at radius 3 is 2.68 bits per heavy atom. The van der Waals surface area contributed by atoms with Crippen LogP contribution >= 0.6 is 11.8 Å². The summed E-state index contributed by atoms with van der Waals surface area (Å²) in [5.74, 6) is 1.20. The second-order valence-electron chi connectivity index (χ2n) is 6.49. The number of thioether (sulfide) groups is 1. The van der Waals surface area contributed by atoms with Crippen LogP contribution in [0, 0.1) is 13.8 Å². The Hall–Kier alpha value is -2.64. The van der Waals surface area contributed by atoms with Crippen LogP contribution in [0.3, 0.4) is 0 Å². The van der Waals surface area contributed by atoms with Gasteiger partial charge in [-0.2, -0.15) is 4.68 Å². The molecule has 146 valence electrons. The number of benzene rings is 2. The smallest absolute Gasteiger partial charge is 0.214 e. The largest absolute Gasteiger partial charge is 0.491 e. The fraction of sp³-hybridized carbons (Fsp3) is 0.286. The van der Waals surface area contributed by atoms with E-state index in [2.05, 4.69) is 22.1 Å². The molecule has 0 fully saturated rings. The SMILES string of the molecule is C=CCc1ccccc1OCC(O)CSc1nnnn1-c1c(C)cccc1C. The molecule has 3 aromatic rings. The summed E-state index contributed by atoms with van der Waals surface area (Å²) in [4.78, 5) is 0. The standard InChI is InChI=1S/C21H24N4O2S/c1-4-8-17-11-5-6-12-19(17)27-13-18(26)14-28-21-22-23-24-25(21)20-15(2)9-7-10-16(20)3/h4-7,9-12,18,26H,1,8,13-14H2,2-3H3. The molecular weight excluding hydrogens is 372 g/mol. The average Bonchev–Trinajstić information content (AvgIpc) is 3.14. The van der Waals surface area contributed by atoms with Crippen molar-refractivity contribution in [2.75, 3.05) is 12.4 Å². The van der Waals surface area contributed by atoms with E-state index in [0.717, 1.165) is 34.5 Å². The Balaban J connectivity index is 1.61. The van der Waals surface area contributed by atoms with Crippen molar-refractivity contribution in [1.29, 1.82) is 0 Å². The number of nitrogens with zero attached hydrogens (tertiary/aromatic N) is 4. The van der Waals surface area contributed by atoms with Gasteiger partial charge in [0.2, 0.25) is 5.16 Å². The molecule has 28 heavy (non-hydrogen) atoms. The molecule has 1 aromatic heterocycles. The third-order valence-electron chi connectivity index (χ3n) is 4.27. The van der Waals surface area contributed by atoms with Crippen LogP contribution in [-0.4, -0.2) is 43.8 Å². The highest BCUT2D eigenvalue weighted by Gasteiger charge is 2.15. The lowest BCUT2D eigenvalue weighted by Crippen LogP contribution is -2.21. The first-order chi connectivity index (χ1) is 13.6. The topological polar surface area (TPSA) is 73.1 Å². The normalized spacial score (nSPS) is 12.0. The number of aliphatic hydroxyl groups excluding tert-OH is 1. The molecule has 0 saturated heterocycles. The molecule has 0 aliphatic rings. The molecule has 0 amide bonds. The van der Waals surface area contributed by atoms with E-state index < -0.39 is 6.10 Å². The third-order valence-corrected chi connectivity index (χ3v) is 5.33. The van der Waals surface area contributed by atoms with Crippen LogP contribution < -0.4 is 4.74 Å². The van der Waals surface area contributed by atoms with Crippen molar-refractivity contribution in [2.45, 2.75) is 31.5 Å². The van der Waals surface area contributed by atoms with Crippen molar-refractivity contribution in [1.82, 2.24) is 20.2 Å². The highest BCUT2D eigenvalue weighted by Crippen LogP contribution is 2.24. The van der Waals surface area contributed by atoms with Gasteiger partial charge in [0.1, 0.15) is 12.4 Å². The van der Waals surface area contributed by atoms with Gasteiger partial charge in [0.05, 0.1) is 11.8 Å². The summed E-state index contributed by atoms with van der Waals surface area (Å²) >= 11 is 1.40. The van der Waals surface area contributed by atoms with Crippen molar-refractivity contribution in [3.63, 3.8) is 0 Å². The molecule has 1 N–H and O–H groups in total. The number of para-hydroxylation sites is 2. The summed E-state index contributed by atoms with van der Waals surface area (Å²) in [5, 5.41) is 23.0. The first kappa shape index (κ1) is 20.1. The Kier molecular flexibility index (Phi) is 6.84. The van der Waals surface area contributed by atoms with Crippen LogP contribution in [0.4, 0.5) is 0 Å². The average molecular weight is 397 g/mol. The number of ether oxygens (including phenoxy) is 1. The predicted octanol–water partition coefficient (Wildman–Crippen LogP) is 3.54. The summed E-state index contributed by atoms with van der Waals surface area (Å²) in [7, 11) is 0. The third kappa shape index (κ3) is 4.79. The van der Waals surface area contributed by atoms with Gasteiger partial charge in [0, 0.05) is 5.75 Å². The summed E-state index contributed by atoms with van der Waals surface area (Å²) in [6.45, 7) is 8.03. The second-order valence-corrected chi connectivity index (χ2v) is 7.48. The summed E-state index contributed by atoms with van der Waals surface area (Å²) in [5.41, 5.74) is 4.21. The number of aliphatic hydroxyl groups is 1. The van der Waals surface area contributed by atoms with E-state index in [1.165, 1.54) is 11.8 Å². The summed E-state index contributed by atoms with van der Waals surface area (Å²) in [6.07, 6.45) is 1.91. The fourth-order valence-electron chi connectivity index (χ4n) is 2.92. The molecule has 0 bridgehead atoms. The molecule has 0 aliphatic carbocycles. The lowest BCUT2D eigenvalue weighted by molar-refractivity contribution is 0.126. The van der Waals surface area contributed by atoms with Gasteiger partial charge in [-0.25, -0.2) is 0 Å². The quantitative estimate of drug-likeness (QED) is 0.441. The molecule has 7 heteroatoms. The van der Waals surface area contributed by atoms with Gasteiger partial charge in [-0.05, 0) is 53.5 Å². The molecular formula is C21H24N4O2S. The molecule has 1 heterocycles. The van der Waals surface area contributed by atoms with Crippen molar-refractivity contribution >= 4 is 11.8 Å². The molecule has 0 spiro atoms. The Labute approximate surface area is 169 Å². The number of tetrazole rings is 1. The van der Waals surface area contributed by atoms with E-state index >= 15 is 0 Å². The second kappa shape index (κ2) is 9.52. The van der Waals surface area contributed by atoms with Gasteiger partial charge in [-0.15, -0.1) is 11.7 Å². The monoisotopic (exact) mass is 396 g/mol. The molecule has 3 rings (SSSR count). The van der Waals surface area contributed by atoms with Crippen LogP contribution in [0.25, 0.3) is 5.69 Å². The fourth-order valence-corrected chi connectivity index (χ4v) is 3.70. The zero-order valence-corrected chi connectivity index (χ0v) is 16.9. The van der Waals surface area contributed by atoms with Gasteiger partial charge in [-0.3, -0.25) is 0 Å². The van der Waals surface area contributed by atoms with E-state index in [9.17, 15) is 5.11 Å². The molecule has 0 saturated carbocycles. The van der Waals surface area contributed by atoms with Crippen molar-refractivity contribution in [2.24, 2.45) is 0 Å². The predicted molar refractivity (Wildman–Crippen MR) is 111 cm³/mol. The van der Waals surface area contributed by atoms with Crippen molar-refractivity contribution < 1.29 is 9.84 Å².